The van der Waals surface area contributed by atoms with Gasteiger partial charge in [0.25, 0.3) is 0 Å². The van der Waals surface area contributed by atoms with Gasteiger partial charge in [-0.3, -0.25) is 0 Å². The lowest BCUT2D eigenvalue weighted by Crippen LogP contribution is -2.29. The van der Waals surface area contributed by atoms with Gasteiger partial charge in [-0.2, -0.15) is 0 Å². The van der Waals surface area contributed by atoms with E-state index >= 15 is 0 Å². The second-order valence-corrected chi connectivity index (χ2v) is 3.79. The molecule has 0 N–H and O–H groups in total. The molecular formula is C11H22O2. The molecule has 0 radical (unpaired) electrons. The first kappa shape index (κ1) is 11.0. The molecule has 2 unspecified atom stereocenters. The molecule has 2 heteroatoms. The molecule has 0 saturated carbocycles. The number of hydrogen-bond acceptors (Lipinski definition) is 2. The molecule has 1 fully saturated rings. The van der Waals surface area contributed by atoms with Crippen LogP contribution in [0.4, 0.5) is 0 Å². The Balaban J connectivity index is 2.18. The van der Waals surface area contributed by atoms with E-state index < -0.39 is 0 Å². The first-order chi connectivity index (χ1) is 6.36. The smallest absolute Gasteiger partial charge is 0.0813 e. The van der Waals surface area contributed by atoms with E-state index in [4.69, 9.17) is 9.47 Å². The van der Waals surface area contributed by atoms with E-state index in [0.29, 0.717) is 12.2 Å². The minimum Gasteiger partial charge on any atom is -0.379 e. The summed E-state index contributed by atoms with van der Waals surface area (Å²) in [6.45, 7) is 6.14. The van der Waals surface area contributed by atoms with E-state index in [1.54, 1.807) is 0 Å². The van der Waals surface area contributed by atoms with Crippen molar-refractivity contribution in [3.8, 4) is 0 Å². The third-order valence-electron chi connectivity index (χ3n) is 2.57. The van der Waals surface area contributed by atoms with E-state index in [0.717, 1.165) is 26.1 Å². The van der Waals surface area contributed by atoms with Crippen LogP contribution >= 0.6 is 0 Å². The molecule has 0 aromatic carbocycles. The zero-order valence-corrected chi connectivity index (χ0v) is 8.92. The summed E-state index contributed by atoms with van der Waals surface area (Å²) >= 11 is 0. The summed E-state index contributed by atoms with van der Waals surface area (Å²) < 4.78 is 11.3. The molecule has 1 aliphatic heterocycles. The van der Waals surface area contributed by atoms with Crippen LogP contribution in [-0.4, -0.2) is 25.4 Å². The third-order valence-corrected chi connectivity index (χ3v) is 2.57. The van der Waals surface area contributed by atoms with Gasteiger partial charge in [0, 0.05) is 6.61 Å². The average Bonchev–Trinajstić information content (AvgIpc) is 2.19. The fraction of sp³-hybridized carbons (Fsp3) is 1.00. The predicted molar refractivity (Wildman–Crippen MR) is 53.9 cm³/mol. The SMILES string of the molecule is CCCC(CC)OC1CCCOC1. The van der Waals surface area contributed by atoms with Crippen LogP contribution in [0.1, 0.15) is 46.0 Å². The lowest BCUT2D eigenvalue weighted by molar-refractivity contribution is -0.0866. The topological polar surface area (TPSA) is 18.5 Å². The van der Waals surface area contributed by atoms with Crippen molar-refractivity contribution in [2.75, 3.05) is 13.2 Å². The van der Waals surface area contributed by atoms with E-state index in [1.807, 2.05) is 0 Å². The highest BCUT2D eigenvalue weighted by molar-refractivity contribution is 4.65. The lowest BCUT2D eigenvalue weighted by atomic mass is 10.1. The van der Waals surface area contributed by atoms with Gasteiger partial charge in [0.05, 0.1) is 18.8 Å². The molecule has 0 amide bonds. The Hall–Kier alpha value is -0.0800. The fourth-order valence-electron chi connectivity index (χ4n) is 1.78. The maximum Gasteiger partial charge on any atom is 0.0813 e. The highest BCUT2D eigenvalue weighted by Crippen LogP contribution is 2.15. The van der Waals surface area contributed by atoms with Gasteiger partial charge >= 0.3 is 0 Å². The van der Waals surface area contributed by atoms with E-state index in [9.17, 15) is 0 Å². The van der Waals surface area contributed by atoms with Crippen molar-refractivity contribution in [2.24, 2.45) is 0 Å². The van der Waals surface area contributed by atoms with Crippen molar-refractivity contribution in [1.82, 2.24) is 0 Å². The zero-order valence-electron chi connectivity index (χ0n) is 8.92. The molecule has 78 valence electrons. The molecule has 2 atom stereocenters. The van der Waals surface area contributed by atoms with Crippen molar-refractivity contribution < 1.29 is 9.47 Å². The maximum atomic E-state index is 5.96. The molecular weight excluding hydrogens is 164 g/mol. The molecule has 0 spiro atoms. The predicted octanol–water partition coefficient (Wildman–Crippen LogP) is 2.76. The normalized spacial score (nSPS) is 25.8. The summed E-state index contributed by atoms with van der Waals surface area (Å²) in [5, 5.41) is 0. The molecule has 13 heavy (non-hydrogen) atoms. The highest BCUT2D eigenvalue weighted by Gasteiger charge is 2.17. The Morgan fingerprint density at radius 2 is 2.31 bits per heavy atom. The van der Waals surface area contributed by atoms with Gasteiger partial charge in [-0.05, 0) is 25.7 Å². The average molecular weight is 186 g/mol. The molecule has 0 aliphatic carbocycles. The van der Waals surface area contributed by atoms with Crippen molar-refractivity contribution in [3.05, 3.63) is 0 Å². The highest BCUT2D eigenvalue weighted by atomic mass is 16.5. The van der Waals surface area contributed by atoms with Crippen molar-refractivity contribution in [1.29, 1.82) is 0 Å². The molecule has 2 nitrogen and oxygen atoms in total. The Morgan fingerprint density at radius 3 is 2.85 bits per heavy atom. The van der Waals surface area contributed by atoms with Crippen molar-refractivity contribution in [2.45, 2.75) is 58.2 Å². The Bertz CT molecular complexity index is 117. The largest absolute Gasteiger partial charge is 0.379 e. The van der Waals surface area contributed by atoms with Crippen LogP contribution in [0.5, 0.6) is 0 Å². The molecule has 0 bridgehead atoms. The summed E-state index contributed by atoms with van der Waals surface area (Å²) in [7, 11) is 0. The van der Waals surface area contributed by atoms with Gasteiger partial charge in [0.15, 0.2) is 0 Å². The Labute approximate surface area is 81.6 Å². The first-order valence-electron chi connectivity index (χ1n) is 5.60. The zero-order chi connectivity index (χ0) is 9.52. The lowest BCUT2D eigenvalue weighted by Gasteiger charge is -2.27. The van der Waals surface area contributed by atoms with E-state index in [2.05, 4.69) is 13.8 Å². The van der Waals surface area contributed by atoms with Crippen LogP contribution in [0.15, 0.2) is 0 Å². The molecule has 1 heterocycles. The van der Waals surface area contributed by atoms with Gasteiger partial charge in [-0.1, -0.05) is 20.3 Å². The molecule has 1 aliphatic rings. The first-order valence-corrected chi connectivity index (χ1v) is 5.60. The Kier molecular flexibility index (Phi) is 5.40. The standard InChI is InChI=1S/C11H22O2/c1-3-6-10(4-2)13-11-7-5-8-12-9-11/h10-11H,3-9H2,1-2H3. The number of ether oxygens (including phenoxy) is 2. The quantitative estimate of drug-likeness (QED) is 0.657. The minimum atomic E-state index is 0.366. The summed E-state index contributed by atoms with van der Waals surface area (Å²) in [4.78, 5) is 0. The molecule has 1 rings (SSSR count). The molecule has 1 saturated heterocycles. The second kappa shape index (κ2) is 6.39. The second-order valence-electron chi connectivity index (χ2n) is 3.79. The van der Waals surface area contributed by atoms with Crippen LogP contribution in [0.25, 0.3) is 0 Å². The van der Waals surface area contributed by atoms with Gasteiger partial charge in [-0.25, -0.2) is 0 Å². The molecule has 0 aromatic rings. The van der Waals surface area contributed by atoms with Crippen molar-refractivity contribution in [3.63, 3.8) is 0 Å². The summed E-state index contributed by atoms with van der Waals surface area (Å²) in [6.07, 6.45) is 6.69. The minimum absolute atomic E-state index is 0.366. The van der Waals surface area contributed by atoms with Gasteiger partial charge in [0.2, 0.25) is 0 Å². The maximum absolute atomic E-state index is 5.96. The molecule has 0 aromatic heterocycles. The van der Waals surface area contributed by atoms with Crippen LogP contribution < -0.4 is 0 Å². The van der Waals surface area contributed by atoms with Crippen molar-refractivity contribution >= 4 is 0 Å². The van der Waals surface area contributed by atoms with E-state index in [-0.39, 0.29) is 0 Å². The van der Waals surface area contributed by atoms with Gasteiger partial charge in [-0.15, -0.1) is 0 Å². The van der Waals surface area contributed by atoms with Gasteiger partial charge in [0.1, 0.15) is 0 Å². The summed E-state index contributed by atoms with van der Waals surface area (Å²) in [6, 6.07) is 0. The van der Waals surface area contributed by atoms with E-state index in [1.165, 1.54) is 19.3 Å². The van der Waals surface area contributed by atoms with Crippen LogP contribution in [-0.2, 0) is 9.47 Å². The third kappa shape index (κ3) is 4.10. The monoisotopic (exact) mass is 186 g/mol. The summed E-state index contributed by atoms with van der Waals surface area (Å²) in [5.74, 6) is 0. The fourth-order valence-corrected chi connectivity index (χ4v) is 1.78. The van der Waals surface area contributed by atoms with Crippen LogP contribution in [0.3, 0.4) is 0 Å². The van der Waals surface area contributed by atoms with Crippen LogP contribution in [0.2, 0.25) is 0 Å². The van der Waals surface area contributed by atoms with Gasteiger partial charge < -0.3 is 9.47 Å². The number of rotatable bonds is 5. The Morgan fingerprint density at radius 1 is 1.46 bits per heavy atom. The summed E-state index contributed by atoms with van der Waals surface area (Å²) in [5.41, 5.74) is 0. The number of hydrogen-bond donors (Lipinski definition) is 0. The van der Waals surface area contributed by atoms with Crippen LogP contribution in [0, 0.1) is 0 Å².